The van der Waals surface area contributed by atoms with Crippen molar-refractivity contribution in [3.05, 3.63) is 239 Å². The molecule has 2 aliphatic heterocycles. The number of rotatable bonds is 10. The molecule has 4 unspecified atom stereocenters. The van der Waals surface area contributed by atoms with Crippen molar-refractivity contribution in [2.75, 3.05) is 19.6 Å². The van der Waals surface area contributed by atoms with Gasteiger partial charge in [-0.05, 0) is 230 Å². The van der Waals surface area contributed by atoms with Gasteiger partial charge in [-0.3, -0.25) is 0 Å². The van der Waals surface area contributed by atoms with Gasteiger partial charge in [0.15, 0.2) is 0 Å². The largest absolute Gasteiger partial charge is 0.334 e. The summed E-state index contributed by atoms with van der Waals surface area (Å²) in [5.74, 6) is 0.478. The predicted octanol–water partition coefficient (Wildman–Crippen LogP) is 24.8. The summed E-state index contributed by atoms with van der Waals surface area (Å²) in [6.07, 6.45) is 9.52. The van der Waals surface area contributed by atoms with Crippen LogP contribution in [0.2, 0.25) is 0 Å². The van der Waals surface area contributed by atoms with Gasteiger partial charge in [-0.2, -0.15) is 0 Å². The van der Waals surface area contributed by atoms with Crippen LogP contribution in [0.3, 0.4) is 0 Å². The maximum absolute atomic E-state index is 2.72. The average molecular weight is 1180 g/mol. The number of benzene rings is 12. The maximum Gasteiger partial charge on any atom is 0.0569 e. The summed E-state index contributed by atoms with van der Waals surface area (Å²) in [6.45, 7) is 29.1. The lowest BCUT2D eigenvalue weighted by molar-refractivity contribution is 0.195. The molecule has 0 bridgehead atoms. The molecule has 450 valence electrons. The number of hydrogen-bond donors (Lipinski definition) is 0. The van der Waals surface area contributed by atoms with Crippen LogP contribution in [0, 0.1) is 27.7 Å². The molecular weight excluding hydrogens is 1090 g/mol. The Hall–Kier alpha value is -8.60. The van der Waals surface area contributed by atoms with Gasteiger partial charge in [0, 0.05) is 66.5 Å². The van der Waals surface area contributed by atoms with E-state index in [0.29, 0.717) is 0 Å². The Labute approximate surface area is 534 Å². The predicted molar refractivity (Wildman–Crippen MR) is 387 cm³/mol. The van der Waals surface area contributed by atoms with Gasteiger partial charge in [0.25, 0.3) is 0 Å². The first-order chi connectivity index (χ1) is 43.4. The number of para-hydroxylation sites is 2. The molecule has 0 spiro atoms. The second-order valence-electron chi connectivity index (χ2n) is 29.3. The highest BCUT2D eigenvalue weighted by Crippen LogP contribution is 2.64. The number of anilines is 10. The molecule has 0 aromatic heterocycles. The Morgan fingerprint density at radius 1 is 0.367 bits per heavy atom. The monoisotopic (exact) mass is 1170 g/mol. The lowest BCUT2D eigenvalue weighted by Gasteiger charge is -2.50. The second kappa shape index (κ2) is 20.5. The summed E-state index contributed by atoms with van der Waals surface area (Å²) in [5.41, 5.74) is 23.0. The first-order valence-electron chi connectivity index (χ1n) is 33.8. The van der Waals surface area contributed by atoms with Crippen molar-refractivity contribution in [2.45, 2.75) is 168 Å². The molecule has 12 aromatic rings. The highest BCUT2D eigenvalue weighted by atomic mass is 15.3. The first kappa shape index (κ1) is 56.6. The fourth-order valence-corrected chi connectivity index (χ4v) is 18.4. The van der Waals surface area contributed by atoms with Gasteiger partial charge in [-0.25, -0.2) is 0 Å². The number of nitrogens with zero attached hydrogens (tertiary/aromatic N) is 4. The van der Waals surface area contributed by atoms with E-state index in [2.05, 4.69) is 297 Å². The van der Waals surface area contributed by atoms with Gasteiger partial charge in [-0.15, -0.1) is 0 Å². The molecule has 2 heterocycles. The molecule has 0 N–H and O–H groups in total. The molecule has 0 radical (unpaired) electrons. The van der Waals surface area contributed by atoms with Gasteiger partial charge in [0.05, 0.1) is 33.8 Å². The van der Waals surface area contributed by atoms with Crippen molar-refractivity contribution >= 4 is 111 Å². The fraction of sp³-hybridized carbons (Fsp3) is 0.302. The summed E-state index contributed by atoms with van der Waals surface area (Å²) in [7, 11) is 0. The van der Waals surface area contributed by atoms with E-state index in [9.17, 15) is 0 Å². The van der Waals surface area contributed by atoms with Crippen LogP contribution in [0.25, 0.3) is 53.9 Å². The summed E-state index contributed by atoms with van der Waals surface area (Å²) < 4.78 is 0. The first-order valence-corrected chi connectivity index (χ1v) is 33.8. The van der Waals surface area contributed by atoms with Gasteiger partial charge < -0.3 is 19.6 Å². The molecular formula is C86H86N4. The van der Waals surface area contributed by atoms with Crippen LogP contribution < -0.4 is 19.6 Å². The molecule has 0 amide bonds. The fourth-order valence-electron chi connectivity index (χ4n) is 18.4. The molecule has 4 nitrogen and oxygen atoms in total. The van der Waals surface area contributed by atoms with Crippen LogP contribution in [-0.4, -0.2) is 11.1 Å². The molecule has 4 heteroatoms. The molecule has 2 fully saturated rings. The Bertz CT molecular complexity index is 4560. The molecule has 0 saturated heterocycles. The van der Waals surface area contributed by atoms with Gasteiger partial charge in [0.2, 0.25) is 0 Å². The van der Waals surface area contributed by atoms with Crippen LogP contribution in [0.15, 0.2) is 194 Å². The lowest BCUT2D eigenvalue weighted by Crippen LogP contribution is -2.54. The van der Waals surface area contributed by atoms with E-state index in [1.54, 1.807) is 0 Å². The third-order valence-electron chi connectivity index (χ3n) is 23.5. The van der Waals surface area contributed by atoms with Crippen molar-refractivity contribution in [3.8, 4) is 0 Å². The molecule has 16 rings (SSSR count). The van der Waals surface area contributed by atoms with Crippen LogP contribution in [0.5, 0.6) is 0 Å². The Balaban J connectivity index is 1.00. The minimum absolute atomic E-state index is 0.0706. The van der Waals surface area contributed by atoms with Crippen LogP contribution in [0.1, 0.15) is 163 Å². The average Bonchev–Trinajstić information content (AvgIpc) is 1.36. The molecule has 4 aliphatic rings. The lowest BCUT2D eigenvalue weighted by atomic mass is 9.61. The van der Waals surface area contributed by atoms with E-state index in [1.165, 1.54) is 181 Å². The van der Waals surface area contributed by atoms with Crippen molar-refractivity contribution in [1.29, 1.82) is 0 Å². The van der Waals surface area contributed by atoms with E-state index in [-0.39, 0.29) is 33.7 Å². The Kier molecular flexibility index (Phi) is 12.9. The molecule has 2 saturated carbocycles. The number of fused-ring (bicyclic) bond motifs is 8. The van der Waals surface area contributed by atoms with Crippen LogP contribution >= 0.6 is 0 Å². The SMILES string of the molecule is Cc1ccc2ccc(C)c(N(c3ccc4c(c3)C3(C)CCCCC3(C)N4c3ccccc3)c3cc(C(C)C)c4ccc5c(N(c6ccc7c(c6)C6(C)CCCCC6(C)N7c6ccccc6)c6c(C)ccc7ccc(C)cc67)cc(C(C)C)c6ccc3c4c65)c2c1. The Morgan fingerprint density at radius 2 is 0.744 bits per heavy atom. The molecule has 90 heavy (non-hydrogen) atoms. The summed E-state index contributed by atoms with van der Waals surface area (Å²) in [5, 5.41) is 13.0. The number of aryl methyl sites for hydroxylation is 4. The quantitative estimate of drug-likeness (QED) is 0.127. The molecule has 12 aromatic carbocycles. The van der Waals surface area contributed by atoms with E-state index < -0.39 is 0 Å². The topological polar surface area (TPSA) is 13.0 Å². The van der Waals surface area contributed by atoms with E-state index in [0.717, 1.165) is 25.7 Å². The van der Waals surface area contributed by atoms with Crippen molar-refractivity contribution < 1.29 is 0 Å². The van der Waals surface area contributed by atoms with Crippen LogP contribution in [-0.2, 0) is 10.8 Å². The summed E-state index contributed by atoms with van der Waals surface area (Å²) in [6, 6.07) is 76.4. The third-order valence-corrected chi connectivity index (χ3v) is 23.5. The summed E-state index contributed by atoms with van der Waals surface area (Å²) in [4.78, 5) is 10.9. The van der Waals surface area contributed by atoms with Gasteiger partial charge >= 0.3 is 0 Å². The highest BCUT2D eigenvalue weighted by Gasteiger charge is 2.59. The minimum Gasteiger partial charge on any atom is -0.334 e. The van der Waals surface area contributed by atoms with Gasteiger partial charge in [-0.1, -0.05) is 188 Å². The maximum atomic E-state index is 2.72. The summed E-state index contributed by atoms with van der Waals surface area (Å²) >= 11 is 0. The molecule has 4 atom stereocenters. The standard InChI is InChI=1S/C86H86N4/c1-53(2)69-51-77(87(81-57(7)29-33-59-31-27-55(5)47-71(59)81)63-35-41-75-73(49-63)83(9)43-19-21-45-85(83,11)89(75)61-23-15-13-16-24-61)67-40-38-66-70(54(3)4)52-78(68-39-37-65(69)79(67)80(66)68)88(82-58(8)30-34-60-32-28-56(6)48-72(60)82)64-36-42-76-74(50-64)84(10)44-20-22-46-86(84,12)90(76)62-25-17-14-18-26-62/h13-18,23-42,47-54H,19-22,43-46H2,1-12H3. The normalized spacial score (nSPS) is 21.3. The second-order valence-corrected chi connectivity index (χ2v) is 29.3. The van der Waals surface area contributed by atoms with E-state index in [4.69, 9.17) is 0 Å². The Morgan fingerprint density at radius 3 is 1.14 bits per heavy atom. The van der Waals surface area contributed by atoms with E-state index >= 15 is 0 Å². The van der Waals surface area contributed by atoms with Crippen molar-refractivity contribution in [2.24, 2.45) is 0 Å². The third kappa shape index (κ3) is 7.97. The zero-order chi connectivity index (χ0) is 61.9. The van der Waals surface area contributed by atoms with Crippen LogP contribution in [0.4, 0.5) is 56.9 Å². The minimum atomic E-state index is -0.0808. The smallest absolute Gasteiger partial charge is 0.0569 e. The highest BCUT2D eigenvalue weighted by molar-refractivity contribution is 6.30. The van der Waals surface area contributed by atoms with Gasteiger partial charge in [0.1, 0.15) is 0 Å². The zero-order valence-electron chi connectivity index (χ0n) is 55.1. The van der Waals surface area contributed by atoms with E-state index in [1.807, 2.05) is 0 Å². The molecule has 2 aliphatic carbocycles. The number of hydrogen-bond acceptors (Lipinski definition) is 4. The van der Waals surface area contributed by atoms with Crippen molar-refractivity contribution in [3.63, 3.8) is 0 Å². The van der Waals surface area contributed by atoms with Crippen molar-refractivity contribution in [1.82, 2.24) is 0 Å². The zero-order valence-corrected chi connectivity index (χ0v) is 55.1.